The van der Waals surface area contributed by atoms with Crippen LogP contribution in [0.2, 0.25) is 0 Å². The summed E-state index contributed by atoms with van der Waals surface area (Å²) in [5, 5.41) is 4.14. The van der Waals surface area contributed by atoms with Crippen molar-refractivity contribution in [2.45, 2.75) is 32.0 Å². The lowest BCUT2D eigenvalue weighted by atomic mass is 10.3. The number of hydrogen-bond acceptors (Lipinski definition) is 6. The summed E-state index contributed by atoms with van der Waals surface area (Å²) in [7, 11) is 0. The van der Waals surface area contributed by atoms with E-state index >= 15 is 0 Å². The van der Waals surface area contributed by atoms with E-state index in [9.17, 15) is 26.7 Å². The number of rotatable bonds is 7. The maximum Gasteiger partial charge on any atom is 0.471 e. The zero-order valence-electron chi connectivity index (χ0n) is 13.0. The van der Waals surface area contributed by atoms with Crippen molar-refractivity contribution in [3.05, 3.63) is 22.9 Å². The Balaban J connectivity index is 1.71. The van der Waals surface area contributed by atoms with Crippen molar-refractivity contribution in [1.82, 2.24) is 15.2 Å². The average molecular weight is 397 g/mol. The molecule has 142 valence electrons. The van der Waals surface area contributed by atoms with Crippen molar-refractivity contribution < 1.29 is 36.1 Å². The van der Waals surface area contributed by atoms with E-state index in [1.54, 1.807) is 0 Å². The molecule has 0 N–H and O–H groups in total. The molecule has 0 aromatic carbocycles. The molecular weight excluding hydrogens is 385 g/mol. The molecule has 26 heavy (non-hydrogen) atoms. The van der Waals surface area contributed by atoms with Crippen LogP contribution in [0, 0.1) is 5.92 Å². The number of carbonyl (C=O) groups is 1. The van der Waals surface area contributed by atoms with Crippen LogP contribution in [0.4, 0.5) is 22.0 Å². The van der Waals surface area contributed by atoms with Crippen molar-refractivity contribution >= 4 is 17.2 Å². The molecule has 0 unspecified atom stereocenters. The number of alkyl halides is 5. The molecule has 1 aliphatic carbocycles. The fourth-order valence-electron chi connectivity index (χ4n) is 2.03. The van der Waals surface area contributed by atoms with Gasteiger partial charge in [0.1, 0.15) is 6.61 Å². The highest BCUT2D eigenvalue weighted by Crippen LogP contribution is 2.34. The molecule has 2 aromatic heterocycles. The van der Waals surface area contributed by atoms with Crippen LogP contribution in [0.1, 0.15) is 23.6 Å². The minimum atomic E-state index is -4.75. The van der Waals surface area contributed by atoms with Crippen LogP contribution in [-0.2, 0) is 22.4 Å². The molecule has 2 heterocycles. The largest absolute Gasteiger partial charge is 0.471 e. The first kappa shape index (κ1) is 18.7. The van der Waals surface area contributed by atoms with Gasteiger partial charge in [0.15, 0.2) is 0 Å². The van der Waals surface area contributed by atoms with Gasteiger partial charge >= 0.3 is 12.1 Å². The number of aromatic nitrogens is 2. The first-order valence-corrected chi connectivity index (χ1v) is 8.28. The van der Waals surface area contributed by atoms with Gasteiger partial charge in [-0.15, -0.1) is 11.3 Å². The van der Waals surface area contributed by atoms with Gasteiger partial charge in [-0.25, -0.2) is 13.8 Å². The molecule has 1 amide bonds. The number of nitrogens with zero attached hydrogens (tertiary/aromatic N) is 3. The summed E-state index contributed by atoms with van der Waals surface area (Å²) in [6.45, 7) is -1.02. The van der Waals surface area contributed by atoms with Gasteiger partial charge in [-0.1, -0.05) is 5.16 Å². The Morgan fingerprint density at radius 1 is 1.38 bits per heavy atom. The van der Waals surface area contributed by atoms with Gasteiger partial charge in [0.25, 0.3) is 6.43 Å². The van der Waals surface area contributed by atoms with E-state index < -0.39 is 25.1 Å². The van der Waals surface area contributed by atoms with Gasteiger partial charge in [-0.05, 0) is 25.0 Å². The first-order chi connectivity index (χ1) is 12.2. The summed E-state index contributed by atoms with van der Waals surface area (Å²) >= 11 is 1.01. The lowest BCUT2D eigenvalue weighted by Crippen LogP contribution is -2.33. The zero-order chi connectivity index (χ0) is 18.9. The summed E-state index contributed by atoms with van der Waals surface area (Å²) in [6, 6.07) is 2.99. The summed E-state index contributed by atoms with van der Waals surface area (Å²) < 4.78 is 66.4. The normalized spacial score (nSPS) is 14.8. The molecule has 3 rings (SSSR count). The standard InChI is InChI=1S/C14H12F5N3O3S/c15-10(16)6-24-22(12(23)7-1-2-7)5-8-3-4-9(26-8)11-20-13(25-21-11)14(17,18)19/h3-4,7,10H,1-2,5-6H2. The molecule has 0 bridgehead atoms. The van der Waals surface area contributed by atoms with Gasteiger partial charge in [0.05, 0.1) is 11.4 Å². The molecule has 0 radical (unpaired) electrons. The van der Waals surface area contributed by atoms with Crippen LogP contribution < -0.4 is 0 Å². The highest BCUT2D eigenvalue weighted by Gasteiger charge is 2.39. The van der Waals surface area contributed by atoms with E-state index in [-0.39, 0.29) is 29.1 Å². The highest BCUT2D eigenvalue weighted by molar-refractivity contribution is 7.15. The monoisotopic (exact) mass is 397 g/mol. The third kappa shape index (κ3) is 4.55. The molecule has 6 nitrogen and oxygen atoms in total. The van der Waals surface area contributed by atoms with Gasteiger partial charge in [0.2, 0.25) is 11.7 Å². The van der Waals surface area contributed by atoms with Crippen molar-refractivity contribution in [2.24, 2.45) is 5.92 Å². The van der Waals surface area contributed by atoms with Crippen LogP contribution >= 0.6 is 11.3 Å². The number of hydroxylamine groups is 2. The third-order valence-corrected chi connectivity index (χ3v) is 4.44. The predicted octanol–water partition coefficient (Wildman–Crippen LogP) is 3.75. The van der Waals surface area contributed by atoms with Crippen LogP contribution in [0.25, 0.3) is 10.7 Å². The fraction of sp³-hybridized carbons (Fsp3) is 0.500. The van der Waals surface area contributed by atoms with E-state index in [1.165, 1.54) is 12.1 Å². The van der Waals surface area contributed by atoms with Crippen molar-refractivity contribution in [3.63, 3.8) is 0 Å². The second-order valence-electron chi connectivity index (χ2n) is 5.52. The number of halogens is 5. The lowest BCUT2D eigenvalue weighted by Gasteiger charge is -2.21. The Labute approximate surface area is 147 Å². The molecule has 0 saturated heterocycles. The van der Waals surface area contributed by atoms with Gasteiger partial charge in [-0.3, -0.25) is 9.63 Å². The van der Waals surface area contributed by atoms with Crippen LogP contribution in [-0.4, -0.2) is 34.1 Å². The molecule has 2 aromatic rings. The lowest BCUT2D eigenvalue weighted by molar-refractivity contribution is -0.203. The van der Waals surface area contributed by atoms with Gasteiger partial charge < -0.3 is 4.52 Å². The summed E-state index contributed by atoms with van der Waals surface area (Å²) in [6.07, 6.45) is -6.14. The molecular formula is C14H12F5N3O3S. The van der Waals surface area contributed by atoms with E-state index in [0.717, 1.165) is 16.4 Å². The predicted molar refractivity (Wildman–Crippen MR) is 77.8 cm³/mol. The number of amides is 1. The van der Waals surface area contributed by atoms with Crippen LogP contribution in [0.3, 0.4) is 0 Å². The second kappa shape index (κ2) is 7.27. The Bertz CT molecular complexity index is 772. The van der Waals surface area contributed by atoms with E-state index in [0.29, 0.717) is 17.7 Å². The topological polar surface area (TPSA) is 68.5 Å². The quantitative estimate of drug-likeness (QED) is 0.526. The number of thiophene rings is 1. The second-order valence-corrected chi connectivity index (χ2v) is 6.69. The smallest absolute Gasteiger partial charge is 0.329 e. The summed E-state index contributed by atoms with van der Waals surface area (Å²) in [5.41, 5.74) is 0. The molecule has 12 heteroatoms. The van der Waals surface area contributed by atoms with Gasteiger partial charge in [0, 0.05) is 10.8 Å². The minimum Gasteiger partial charge on any atom is -0.329 e. The zero-order valence-corrected chi connectivity index (χ0v) is 13.8. The van der Waals surface area contributed by atoms with Crippen molar-refractivity contribution in [1.29, 1.82) is 0 Å². The maximum atomic E-state index is 12.5. The highest BCUT2D eigenvalue weighted by atomic mass is 32.1. The molecule has 1 saturated carbocycles. The Hall–Kier alpha value is -2.08. The SMILES string of the molecule is O=C(C1CC1)N(Cc1ccc(-c2noc(C(F)(F)F)n2)s1)OCC(F)F. The maximum absolute atomic E-state index is 12.5. The van der Waals surface area contributed by atoms with Gasteiger partial charge in [-0.2, -0.15) is 18.2 Å². The molecule has 0 aliphatic heterocycles. The number of hydrogen-bond donors (Lipinski definition) is 0. The fourth-order valence-corrected chi connectivity index (χ4v) is 2.94. The summed E-state index contributed by atoms with van der Waals surface area (Å²) in [4.78, 5) is 21.1. The van der Waals surface area contributed by atoms with E-state index in [2.05, 4.69) is 14.7 Å². The molecule has 1 fully saturated rings. The van der Waals surface area contributed by atoms with Crippen LogP contribution in [0.15, 0.2) is 16.7 Å². The minimum absolute atomic E-state index is 0.100. The number of carbonyl (C=O) groups excluding carboxylic acids is 1. The van der Waals surface area contributed by atoms with E-state index in [4.69, 9.17) is 4.84 Å². The Kier molecular flexibility index (Phi) is 5.23. The van der Waals surface area contributed by atoms with Crippen molar-refractivity contribution in [2.75, 3.05) is 6.61 Å². The third-order valence-electron chi connectivity index (χ3n) is 3.38. The first-order valence-electron chi connectivity index (χ1n) is 7.46. The average Bonchev–Trinajstić information content (AvgIpc) is 3.08. The summed E-state index contributed by atoms with van der Waals surface area (Å²) in [5.74, 6) is -2.34. The molecule has 0 atom stereocenters. The Morgan fingerprint density at radius 3 is 2.69 bits per heavy atom. The molecule has 0 spiro atoms. The van der Waals surface area contributed by atoms with Crippen LogP contribution in [0.5, 0.6) is 0 Å². The van der Waals surface area contributed by atoms with Crippen molar-refractivity contribution in [3.8, 4) is 10.7 Å². The molecule has 1 aliphatic rings. The Morgan fingerprint density at radius 2 is 2.12 bits per heavy atom. The van der Waals surface area contributed by atoms with E-state index in [1.807, 2.05) is 0 Å².